The predicted molar refractivity (Wildman–Crippen MR) is 139 cm³/mol. The number of aryl methyl sites for hydroxylation is 1. The number of aromatic nitrogens is 2. The van der Waals surface area contributed by atoms with Gasteiger partial charge in [0.15, 0.2) is 17.6 Å². The van der Waals surface area contributed by atoms with Gasteiger partial charge in [-0.05, 0) is 72.3 Å². The lowest BCUT2D eigenvalue weighted by Gasteiger charge is -2.17. The molecule has 1 aromatic heterocycles. The Bertz CT molecular complexity index is 1280. The van der Waals surface area contributed by atoms with Crippen LogP contribution in [0.5, 0.6) is 11.5 Å². The molecule has 0 amide bonds. The molecule has 0 fully saturated rings. The number of esters is 1. The SMILES string of the molecule is CCOC(=O)[C@@H](C)Oc1c(I)cc(C=Nn2c(CC)nc3ccc(Br)cc3c2=O)cc1OC. The van der Waals surface area contributed by atoms with Crippen molar-refractivity contribution >= 4 is 61.6 Å². The van der Waals surface area contributed by atoms with Crippen molar-refractivity contribution in [1.82, 2.24) is 9.66 Å². The molecule has 0 unspecified atom stereocenters. The van der Waals surface area contributed by atoms with Crippen molar-refractivity contribution in [3.8, 4) is 11.5 Å². The van der Waals surface area contributed by atoms with Crippen molar-refractivity contribution < 1.29 is 19.0 Å². The highest BCUT2D eigenvalue weighted by molar-refractivity contribution is 14.1. The largest absolute Gasteiger partial charge is 0.493 e. The zero-order chi connectivity index (χ0) is 24.1. The van der Waals surface area contributed by atoms with E-state index in [1.807, 2.05) is 19.1 Å². The van der Waals surface area contributed by atoms with Crippen molar-refractivity contribution in [3.05, 3.63) is 60.1 Å². The fraction of sp³-hybridized carbons (Fsp3) is 0.304. The van der Waals surface area contributed by atoms with Crippen LogP contribution in [-0.4, -0.2) is 41.7 Å². The molecule has 1 atom stereocenters. The van der Waals surface area contributed by atoms with Gasteiger partial charge in [-0.3, -0.25) is 4.79 Å². The predicted octanol–water partition coefficient (Wildman–Crippen LogP) is 4.55. The van der Waals surface area contributed by atoms with Gasteiger partial charge in [0, 0.05) is 10.9 Å². The average molecular weight is 628 g/mol. The third-order valence-corrected chi connectivity index (χ3v) is 5.97. The molecule has 0 aliphatic heterocycles. The molecular formula is C23H23BrIN3O5. The van der Waals surface area contributed by atoms with Crippen LogP contribution in [0.15, 0.2) is 44.7 Å². The van der Waals surface area contributed by atoms with E-state index in [0.29, 0.717) is 43.8 Å². The Morgan fingerprint density at radius 3 is 2.73 bits per heavy atom. The maximum absolute atomic E-state index is 13.1. The van der Waals surface area contributed by atoms with Gasteiger partial charge < -0.3 is 14.2 Å². The lowest BCUT2D eigenvalue weighted by molar-refractivity contribution is -0.150. The van der Waals surface area contributed by atoms with Crippen molar-refractivity contribution in [2.24, 2.45) is 5.10 Å². The average Bonchev–Trinajstić information content (AvgIpc) is 2.80. The van der Waals surface area contributed by atoms with Gasteiger partial charge in [-0.2, -0.15) is 9.78 Å². The summed E-state index contributed by atoms with van der Waals surface area (Å²) in [4.78, 5) is 29.6. The second kappa shape index (κ2) is 11.1. The Hall–Kier alpha value is -2.47. The molecule has 8 nitrogen and oxygen atoms in total. The number of hydrogen-bond donors (Lipinski definition) is 0. The first-order valence-corrected chi connectivity index (χ1v) is 12.1. The van der Waals surface area contributed by atoms with Gasteiger partial charge in [0.05, 0.1) is 34.4 Å². The van der Waals surface area contributed by atoms with E-state index in [-0.39, 0.29) is 12.2 Å². The number of carbonyl (C=O) groups excluding carboxylic acids is 1. The summed E-state index contributed by atoms with van der Waals surface area (Å²) in [7, 11) is 1.51. The molecule has 0 saturated heterocycles. The number of fused-ring (bicyclic) bond motifs is 1. The minimum atomic E-state index is -0.791. The standard InChI is InChI=1S/C23H23BrIN3O5/c1-5-20-27-18-8-7-15(24)11-16(18)22(29)28(20)26-12-14-9-17(25)21(19(10-14)31-4)33-13(3)23(30)32-6-2/h7-13H,5-6H2,1-4H3/t13-/m1/s1. The Labute approximate surface area is 213 Å². The number of ether oxygens (including phenoxy) is 3. The number of benzene rings is 2. The van der Waals surface area contributed by atoms with Crippen LogP contribution in [-0.2, 0) is 16.0 Å². The van der Waals surface area contributed by atoms with Gasteiger partial charge in [0.25, 0.3) is 5.56 Å². The summed E-state index contributed by atoms with van der Waals surface area (Å²) in [5.41, 5.74) is 1.06. The van der Waals surface area contributed by atoms with E-state index in [4.69, 9.17) is 14.2 Å². The Morgan fingerprint density at radius 2 is 2.06 bits per heavy atom. The molecule has 2 aromatic carbocycles. The van der Waals surface area contributed by atoms with Crippen LogP contribution in [0.2, 0.25) is 0 Å². The topological polar surface area (TPSA) is 92.0 Å². The number of methoxy groups -OCH3 is 1. The summed E-state index contributed by atoms with van der Waals surface area (Å²) in [6.45, 7) is 5.55. The third-order valence-electron chi connectivity index (χ3n) is 4.68. The molecule has 0 aliphatic rings. The van der Waals surface area contributed by atoms with Crippen molar-refractivity contribution in [2.45, 2.75) is 33.3 Å². The van der Waals surface area contributed by atoms with E-state index in [1.165, 1.54) is 11.8 Å². The molecular weight excluding hydrogens is 605 g/mol. The van der Waals surface area contributed by atoms with Crippen LogP contribution in [0.1, 0.15) is 32.2 Å². The quantitative estimate of drug-likeness (QED) is 0.207. The zero-order valence-corrected chi connectivity index (χ0v) is 22.3. The molecule has 1 heterocycles. The Kier molecular flexibility index (Phi) is 8.46. The fourth-order valence-corrected chi connectivity index (χ4v) is 4.19. The fourth-order valence-electron chi connectivity index (χ4n) is 3.08. The van der Waals surface area contributed by atoms with E-state index >= 15 is 0 Å². The summed E-state index contributed by atoms with van der Waals surface area (Å²) < 4.78 is 19.1. The van der Waals surface area contributed by atoms with Gasteiger partial charge in [0.2, 0.25) is 0 Å². The molecule has 10 heteroatoms. The molecule has 33 heavy (non-hydrogen) atoms. The van der Waals surface area contributed by atoms with Crippen LogP contribution in [0.25, 0.3) is 10.9 Å². The Balaban J connectivity index is 1.98. The number of hydrogen-bond acceptors (Lipinski definition) is 7. The van der Waals surface area contributed by atoms with Crippen LogP contribution in [0, 0.1) is 3.57 Å². The lowest BCUT2D eigenvalue weighted by Crippen LogP contribution is -2.26. The van der Waals surface area contributed by atoms with E-state index in [0.717, 1.165) is 4.47 Å². The maximum atomic E-state index is 13.1. The first kappa shape index (κ1) is 25.2. The second-order valence-corrected chi connectivity index (χ2v) is 9.03. The number of rotatable bonds is 8. The Morgan fingerprint density at radius 1 is 1.30 bits per heavy atom. The van der Waals surface area contributed by atoms with Crippen molar-refractivity contribution in [2.75, 3.05) is 13.7 Å². The second-order valence-electron chi connectivity index (χ2n) is 6.95. The lowest BCUT2D eigenvalue weighted by atomic mass is 10.2. The highest BCUT2D eigenvalue weighted by Crippen LogP contribution is 2.34. The smallest absolute Gasteiger partial charge is 0.347 e. The molecule has 0 N–H and O–H groups in total. The van der Waals surface area contributed by atoms with Crippen LogP contribution in [0.3, 0.4) is 0 Å². The first-order chi connectivity index (χ1) is 15.8. The van der Waals surface area contributed by atoms with Gasteiger partial charge in [-0.1, -0.05) is 22.9 Å². The number of nitrogens with zero attached hydrogens (tertiary/aromatic N) is 3. The molecule has 0 radical (unpaired) electrons. The zero-order valence-electron chi connectivity index (χ0n) is 18.6. The minimum Gasteiger partial charge on any atom is -0.493 e. The van der Waals surface area contributed by atoms with Gasteiger partial charge >= 0.3 is 5.97 Å². The molecule has 0 saturated carbocycles. The van der Waals surface area contributed by atoms with E-state index in [9.17, 15) is 9.59 Å². The molecule has 3 rings (SSSR count). The van der Waals surface area contributed by atoms with Crippen LogP contribution < -0.4 is 15.0 Å². The minimum absolute atomic E-state index is 0.251. The van der Waals surface area contributed by atoms with Crippen LogP contribution in [0.4, 0.5) is 0 Å². The van der Waals surface area contributed by atoms with E-state index in [1.54, 1.807) is 38.3 Å². The molecule has 3 aromatic rings. The summed E-state index contributed by atoms with van der Waals surface area (Å²) in [6.07, 6.45) is 1.31. The number of halogens is 2. The highest BCUT2D eigenvalue weighted by atomic mass is 127. The normalized spacial score (nSPS) is 12.2. The molecule has 0 spiro atoms. The van der Waals surface area contributed by atoms with Crippen molar-refractivity contribution in [1.29, 1.82) is 0 Å². The van der Waals surface area contributed by atoms with Gasteiger partial charge in [-0.25, -0.2) is 9.78 Å². The van der Waals surface area contributed by atoms with E-state index < -0.39 is 12.1 Å². The van der Waals surface area contributed by atoms with Gasteiger partial charge in [0.1, 0.15) is 5.82 Å². The molecule has 174 valence electrons. The van der Waals surface area contributed by atoms with Crippen LogP contribution >= 0.6 is 38.5 Å². The summed E-state index contributed by atoms with van der Waals surface area (Å²) in [6, 6.07) is 8.93. The van der Waals surface area contributed by atoms with Crippen molar-refractivity contribution in [3.63, 3.8) is 0 Å². The third kappa shape index (κ3) is 5.72. The van der Waals surface area contributed by atoms with Gasteiger partial charge in [-0.15, -0.1) is 0 Å². The molecule has 0 bridgehead atoms. The maximum Gasteiger partial charge on any atom is 0.347 e. The summed E-state index contributed by atoms with van der Waals surface area (Å²) in [5, 5.41) is 4.89. The molecule has 0 aliphatic carbocycles. The summed E-state index contributed by atoms with van der Waals surface area (Å²) >= 11 is 5.50. The first-order valence-electron chi connectivity index (χ1n) is 10.2. The highest BCUT2D eigenvalue weighted by Gasteiger charge is 2.20. The number of carbonyl (C=O) groups is 1. The van der Waals surface area contributed by atoms with E-state index in [2.05, 4.69) is 48.6 Å². The summed E-state index contributed by atoms with van der Waals surface area (Å²) in [5.74, 6) is 0.960. The monoisotopic (exact) mass is 627 g/mol.